The number of hydrogen-bond acceptors (Lipinski definition) is 3. The molecule has 4 nitrogen and oxygen atoms in total. The van der Waals surface area contributed by atoms with E-state index in [-0.39, 0.29) is 11.9 Å². The van der Waals surface area contributed by atoms with Gasteiger partial charge < -0.3 is 4.90 Å². The van der Waals surface area contributed by atoms with E-state index in [2.05, 4.69) is 0 Å². The molecule has 0 aliphatic rings. The third-order valence-electron chi connectivity index (χ3n) is 3.36. The molecule has 0 N–H and O–H groups in total. The largest absolute Gasteiger partial charge is 0.344 e. The molecule has 0 spiro atoms. The summed E-state index contributed by atoms with van der Waals surface area (Å²) in [6, 6.07) is 9.78. The number of hydrogen-bond donors (Lipinski definition) is 0. The summed E-state index contributed by atoms with van der Waals surface area (Å²) in [5.41, 5.74) is 1.08. The van der Waals surface area contributed by atoms with E-state index in [0.29, 0.717) is 24.5 Å². The smallest absolute Gasteiger partial charge is 0.236 e. The topological polar surface area (TPSA) is 47.3 Å². The van der Waals surface area contributed by atoms with E-state index >= 15 is 0 Å². The zero-order valence-electron chi connectivity index (χ0n) is 12.1. The minimum atomic E-state index is 0.0108. The second kappa shape index (κ2) is 7.88. The zero-order chi connectivity index (χ0) is 15.1. The molecule has 0 aliphatic heterocycles. The fourth-order valence-electron chi connectivity index (χ4n) is 1.83. The minimum absolute atomic E-state index is 0.0108. The highest BCUT2D eigenvalue weighted by Gasteiger charge is 2.17. The number of halogens is 1. The number of likely N-dealkylation sites (N-methyl/N-ethyl adjacent to an activating group) is 2. The van der Waals surface area contributed by atoms with Crippen LogP contribution in [0.2, 0.25) is 5.02 Å². The number of benzene rings is 1. The molecular weight excluding hydrogens is 274 g/mol. The van der Waals surface area contributed by atoms with Crippen molar-refractivity contribution in [2.24, 2.45) is 0 Å². The summed E-state index contributed by atoms with van der Waals surface area (Å²) < 4.78 is 0. The Morgan fingerprint density at radius 2 is 2.15 bits per heavy atom. The van der Waals surface area contributed by atoms with Crippen molar-refractivity contribution >= 4 is 17.5 Å². The molecule has 1 unspecified atom stereocenters. The van der Waals surface area contributed by atoms with Gasteiger partial charge in [-0.2, -0.15) is 5.26 Å². The molecule has 1 aromatic rings. The number of nitrogens with zero attached hydrogens (tertiary/aromatic N) is 3. The lowest BCUT2D eigenvalue weighted by Crippen LogP contribution is -2.38. The monoisotopic (exact) mass is 293 g/mol. The van der Waals surface area contributed by atoms with Gasteiger partial charge in [0.1, 0.15) is 0 Å². The van der Waals surface area contributed by atoms with Gasteiger partial charge in [0.2, 0.25) is 5.91 Å². The van der Waals surface area contributed by atoms with Gasteiger partial charge in [-0.3, -0.25) is 9.69 Å². The first-order valence-electron chi connectivity index (χ1n) is 6.52. The van der Waals surface area contributed by atoms with Crippen molar-refractivity contribution in [1.29, 1.82) is 5.26 Å². The van der Waals surface area contributed by atoms with Crippen molar-refractivity contribution in [2.75, 3.05) is 27.2 Å². The van der Waals surface area contributed by atoms with Gasteiger partial charge >= 0.3 is 0 Å². The molecule has 5 heteroatoms. The highest BCUT2D eigenvalue weighted by atomic mass is 35.5. The molecule has 1 amide bonds. The molecule has 0 bridgehead atoms. The maximum atomic E-state index is 12.0. The Hall–Kier alpha value is -1.57. The van der Waals surface area contributed by atoms with E-state index < -0.39 is 0 Å². The van der Waals surface area contributed by atoms with Crippen LogP contribution in [0.5, 0.6) is 0 Å². The van der Waals surface area contributed by atoms with Crippen LogP contribution in [0, 0.1) is 11.3 Å². The minimum Gasteiger partial charge on any atom is -0.344 e. The lowest BCUT2D eigenvalue weighted by atomic mass is 10.1. The summed E-state index contributed by atoms with van der Waals surface area (Å²) in [7, 11) is 3.62. The van der Waals surface area contributed by atoms with Crippen molar-refractivity contribution in [2.45, 2.75) is 19.4 Å². The van der Waals surface area contributed by atoms with Crippen molar-refractivity contribution in [3.8, 4) is 6.07 Å². The summed E-state index contributed by atoms with van der Waals surface area (Å²) in [4.78, 5) is 15.6. The summed E-state index contributed by atoms with van der Waals surface area (Å²) in [6.45, 7) is 2.82. The normalized spacial score (nSPS) is 12.0. The number of amides is 1. The average Bonchev–Trinajstić information content (AvgIpc) is 2.43. The summed E-state index contributed by atoms with van der Waals surface area (Å²) in [6.07, 6.45) is 0.357. The van der Waals surface area contributed by atoms with Gasteiger partial charge in [0.25, 0.3) is 0 Å². The fourth-order valence-corrected chi connectivity index (χ4v) is 2.03. The highest BCUT2D eigenvalue weighted by molar-refractivity contribution is 6.30. The Labute approximate surface area is 125 Å². The van der Waals surface area contributed by atoms with Crippen molar-refractivity contribution in [3.05, 3.63) is 34.9 Å². The van der Waals surface area contributed by atoms with Crippen LogP contribution >= 0.6 is 11.6 Å². The van der Waals surface area contributed by atoms with Gasteiger partial charge in [-0.1, -0.05) is 23.7 Å². The van der Waals surface area contributed by atoms with Gasteiger partial charge in [-0.05, 0) is 31.7 Å². The number of carbonyl (C=O) groups is 1. The van der Waals surface area contributed by atoms with Crippen molar-refractivity contribution in [3.63, 3.8) is 0 Å². The second-order valence-electron chi connectivity index (χ2n) is 4.87. The Balaban J connectivity index is 2.60. The Morgan fingerprint density at radius 1 is 1.45 bits per heavy atom. The SMILES string of the molecule is CC(c1cccc(Cl)c1)N(C)CC(=O)N(C)CCC#N. The quantitative estimate of drug-likeness (QED) is 0.810. The van der Waals surface area contributed by atoms with E-state index in [1.54, 1.807) is 11.9 Å². The third-order valence-corrected chi connectivity index (χ3v) is 3.60. The molecule has 0 heterocycles. The maximum absolute atomic E-state index is 12.0. The Morgan fingerprint density at radius 3 is 2.75 bits per heavy atom. The molecule has 0 saturated carbocycles. The van der Waals surface area contributed by atoms with Crippen molar-refractivity contribution < 1.29 is 4.79 Å². The lowest BCUT2D eigenvalue weighted by Gasteiger charge is -2.26. The van der Waals surface area contributed by atoms with Gasteiger partial charge in [-0.15, -0.1) is 0 Å². The van der Waals surface area contributed by atoms with E-state index in [4.69, 9.17) is 16.9 Å². The predicted octanol–water partition coefficient (Wildman–Crippen LogP) is 2.70. The first kappa shape index (κ1) is 16.5. The van der Waals surface area contributed by atoms with Crippen LogP contribution in [0.1, 0.15) is 24.9 Å². The highest BCUT2D eigenvalue weighted by Crippen LogP contribution is 2.21. The first-order valence-corrected chi connectivity index (χ1v) is 6.90. The molecule has 1 aromatic carbocycles. The average molecular weight is 294 g/mol. The van der Waals surface area contributed by atoms with E-state index in [0.717, 1.165) is 5.56 Å². The van der Waals surface area contributed by atoms with E-state index in [1.807, 2.05) is 49.2 Å². The lowest BCUT2D eigenvalue weighted by molar-refractivity contribution is -0.131. The molecule has 0 aromatic heterocycles. The standard InChI is InChI=1S/C15H20ClN3O/c1-12(13-6-4-7-14(16)10-13)19(3)11-15(20)18(2)9-5-8-17/h4,6-7,10,12H,5,9,11H2,1-3H3. The number of nitriles is 1. The number of carbonyl (C=O) groups excluding carboxylic acids is 1. The van der Waals surface area contributed by atoms with E-state index in [9.17, 15) is 4.79 Å². The van der Waals surface area contributed by atoms with Gasteiger partial charge in [0.15, 0.2) is 0 Å². The fraction of sp³-hybridized carbons (Fsp3) is 0.467. The molecule has 0 saturated heterocycles. The molecular formula is C15H20ClN3O. The van der Waals surface area contributed by atoms with Crippen molar-refractivity contribution in [1.82, 2.24) is 9.80 Å². The zero-order valence-corrected chi connectivity index (χ0v) is 12.9. The molecule has 0 aliphatic carbocycles. The van der Waals surface area contributed by atoms with Gasteiger partial charge in [-0.25, -0.2) is 0 Å². The molecule has 1 rings (SSSR count). The van der Waals surface area contributed by atoms with Crippen LogP contribution in [0.15, 0.2) is 24.3 Å². The Kier molecular flexibility index (Phi) is 6.50. The first-order chi connectivity index (χ1) is 9.45. The van der Waals surface area contributed by atoms with Gasteiger partial charge in [0, 0.05) is 24.7 Å². The van der Waals surface area contributed by atoms with Gasteiger partial charge in [0.05, 0.1) is 19.0 Å². The predicted molar refractivity (Wildman–Crippen MR) is 80.4 cm³/mol. The maximum Gasteiger partial charge on any atom is 0.236 e. The second-order valence-corrected chi connectivity index (χ2v) is 5.31. The molecule has 0 radical (unpaired) electrons. The van der Waals surface area contributed by atoms with Crippen LogP contribution in [-0.2, 0) is 4.79 Å². The summed E-state index contributed by atoms with van der Waals surface area (Å²) in [5, 5.41) is 9.23. The van der Waals surface area contributed by atoms with E-state index in [1.165, 1.54) is 0 Å². The van der Waals surface area contributed by atoms with Crippen LogP contribution in [0.4, 0.5) is 0 Å². The van der Waals surface area contributed by atoms with Crippen LogP contribution in [0.25, 0.3) is 0 Å². The van der Waals surface area contributed by atoms with Crippen LogP contribution in [-0.4, -0.2) is 42.9 Å². The number of rotatable bonds is 6. The molecule has 108 valence electrons. The molecule has 20 heavy (non-hydrogen) atoms. The van der Waals surface area contributed by atoms with Crippen LogP contribution in [0.3, 0.4) is 0 Å². The molecule has 0 fully saturated rings. The third kappa shape index (κ3) is 4.84. The molecule has 1 atom stereocenters. The summed E-state index contributed by atoms with van der Waals surface area (Å²) in [5.74, 6) is 0.0108. The Bertz CT molecular complexity index is 498. The van der Waals surface area contributed by atoms with Crippen LogP contribution < -0.4 is 0 Å². The summed E-state index contributed by atoms with van der Waals surface area (Å²) >= 11 is 5.98.